The van der Waals surface area contributed by atoms with Crippen molar-refractivity contribution in [2.75, 3.05) is 0 Å². The first kappa shape index (κ1) is 18.3. The van der Waals surface area contributed by atoms with Crippen LogP contribution in [0.1, 0.15) is 23.1 Å². The molecule has 0 fully saturated rings. The second-order valence-electron chi connectivity index (χ2n) is 5.73. The monoisotopic (exact) mass is 383 g/mol. The van der Waals surface area contributed by atoms with Crippen molar-refractivity contribution in [3.63, 3.8) is 0 Å². The fraction of sp³-hybridized carbons (Fsp3) is 0.111. The molecule has 3 rings (SSSR count). The molecule has 0 aliphatic heterocycles. The zero-order valence-corrected chi connectivity index (χ0v) is 14.0. The van der Waals surface area contributed by atoms with Gasteiger partial charge in [0, 0.05) is 0 Å². The SMILES string of the molecule is NS(=O)(=O)c1ccc(C2=CCC=C2c2ccc(F)c(C(F)(F)F)c2)cc1. The largest absolute Gasteiger partial charge is 0.419 e. The van der Waals surface area contributed by atoms with E-state index in [1.165, 1.54) is 30.3 Å². The fourth-order valence-electron chi connectivity index (χ4n) is 2.80. The summed E-state index contributed by atoms with van der Waals surface area (Å²) in [6, 6.07) is 8.56. The summed E-state index contributed by atoms with van der Waals surface area (Å²) in [7, 11) is -3.84. The first-order chi connectivity index (χ1) is 12.1. The molecule has 8 heteroatoms. The van der Waals surface area contributed by atoms with Gasteiger partial charge >= 0.3 is 6.18 Å². The minimum absolute atomic E-state index is 0.0634. The van der Waals surface area contributed by atoms with Crippen molar-refractivity contribution in [3.05, 3.63) is 77.1 Å². The summed E-state index contributed by atoms with van der Waals surface area (Å²) >= 11 is 0. The smallest absolute Gasteiger partial charge is 0.225 e. The van der Waals surface area contributed by atoms with Crippen LogP contribution in [0.5, 0.6) is 0 Å². The topological polar surface area (TPSA) is 60.2 Å². The van der Waals surface area contributed by atoms with Crippen molar-refractivity contribution in [1.82, 2.24) is 0 Å². The van der Waals surface area contributed by atoms with Crippen LogP contribution in [0, 0.1) is 5.82 Å². The number of hydrogen-bond donors (Lipinski definition) is 1. The van der Waals surface area contributed by atoms with Crippen molar-refractivity contribution in [1.29, 1.82) is 0 Å². The zero-order chi connectivity index (χ0) is 19.1. The van der Waals surface area contributed by atoms with Crippen LogP contribution in [0.15, 0.2) is 59.5 Å². The van der Waals surface area contributed by atoms with Gasteiger partial charge in [-0.25, -0.2) is 17.9 Å². The third kappa shape index (κ3) is 3.56. The van der Waals surface area contributed by atoms with Crippen LogP contribution in [0.25, 0.3) is 11.1 Å². The molecule has 0 spiro atoms. The number of allylic oxidation sites excluding steroid dienone is 4. The van der Waals surface area contributed by atoms with Gasteiger partial charge in [0.05, 0.1) is 10.5 Å². The molecule has 0 bridgehead atoms. The summed E-state index contributed by atoms with van der Waals surface area (Å²) in [5, 5.41) is 5.05. The normalized spacial score (nSPS) is 15.0. The number of hydrogen-bond acceptors (Lipinski definition) is 2. The van der Waals surface area contributed by atoms with Gasteiger partial charge in [-0.05, 0) is 53.0 Å². The molecular formula is C18H13F4NO2S. The highest BCUT2D eigenvalue weighted by Crippen LogP contribution is 2.39. The Morgan fingerprint density at radius 1 is 0.885 bits per heavy atom. The molecule has 2 N–H and O–H groups in total. The average molecular weight is 383 g/mol. The van der Waals surface area contributed by atoms with Crippen molar-refractivity contribution in [2.45, 2.75) is 17.5 Å². The van der Waals surface area contributed by atoms with Gasteiger partial charge < -0.3 is 0 Å². The van der Waals surface area contributed by atoms with Crippen molar-refractivity contribution in [2.24, 2.45) is 5.14 Å². The number of alkyl halides is 3. The lowest BCUT2D eigenvalue weighted by Crippen LogP contribution is -2.11. The first-order valence-electron chi connectivity index (χ1n) is 7.48. The van der Waals surface area contributed by atoms with E-state index in [2.05, 4.69) is 0 Å². The first-order valence-corrected chi connectivity index (χ1v) is 9.03. The number of sulfonamides is 1. The van der Waals surface area contributed by atoms with Gasteiger partial charge in [0.2, 0.25) is 10.0 Å². The van der Waals surface area contributed by atoms with E-state index in [4.69, 9.17) is 5.14 Å². The van der Waals surface area contributed by atoms with Gasteiger partial charge in [-0.2, -0.15) is 13.2 Å². The summed E-state index contributed by atoms with van der Waals surface area (Å²) in [5.41, 5.74) is 0.702. The van der Waals surface area contributed by atoms with E-state index >= 15 is 0 Å². The molecule has 0 heterocycles. The number of halogens is 4. The van der Waals surface area contributed by atoms with Gasteiger partial charge in [-0.15, -0.1) is 0 Å². The molecule has 0 radical (unpaired) electrons. The standard InChI is InChI=1S/C18H13F4NO2S/c19-17-9-6-12(10-16(17)18(20,21)22)15-3-1-2-14(15)11-4-7-13(8-5-11)26(23,24)25/h2-10H,1H2,(H2,23,24,25). The molecule has 1 aliphatic rings. The van der Waals surface area contributed by atoms with Gasteiger partial charge in [0.15, 0.2) is 0 Å². The number of primary sulfonamides is 1. The number of nitrogens with two attached hydrogens (primary N) is 1. The van der Waals surface area contributed by atoms with Crippen LogP contribution in [-0.2, 0) is 16.2 Å². The van der Waals surface area contributed by atoms with Crippen LogP contribution in [-0.4, -0.2) is 8.42 Å². The summed E-state index contributed by atoms with van der Waals surface area (Å²) in [6.07, 6.45) is -0.755. The third-order valence-corrected chi connectivity index (χ3v) is 4.94. The highest BCUT2D eigenvalue weighted by molar-refractivity contribution is 7.89. The lowest BCUT2D eigenvalue weighted by atomic mass is 9.94. The molecule has 0 amide bonds. The second kappa shape index (κ2) is 6.37. The van der Waals surface area contributed by atoms with E-state index in [0.29, 0.717) is 23.1 Å². The molecule has 3 nitrogen and oxygen atoms in total. The van der Waals surface area contributed by atoms with Crippen molar-refractivity contribution >= 4 is 21.2 Å². The highest BCUT2D eigenvalue weighted by atomic mass is 32.2. The number of rotatable bonds is 3. The van der Waals surface area contributed by atoms with Gasteiger partial charge in [-0.1, -0.05) is 30.4 Å². The molecule has 136 valence electrons. The van der Waals surface area contributed by atoms with Gasteiger partial charge in [-0.3, -0.25) is 0 Å². The lowest BCUT2D eigenvalue weighted by molar-refractivity contribution is -0.140. The number of benzene rings is 2. The molecule has 0 aromatic heterocycles. The maximum absolute atomic E-state index is 13.5. The predicted octanol–water partition coefficient (Wildman–Crippen LogP) is 4.36. The third-order valence-electron chi connectivity index (χ3n) is 4.01. The molecule has 2 aromatic carbocycles. The van der Waals surface area contributed by atoms with E-state index in [1.54, 1.807) is 12.2 Å². The Bertz CT molecular complexity index is 1020. The van der Waals surface area contributed by atoms with Crippen LogP contribution in [0.3, 0.4) is 0 Å². The minimum Gasteiger partial charge on any atom is -0.225 e. The van der Waals surface area contributed by atoms with E-state index < -0.39 is 27.6 Å². The summed E-state index contributed by atoms with van der Waals surface area (Å²) in [5.74, 6) is -1.33. The lowest BCUT2D eigenvalue weighted by Gasteiger charge is -2.13. The van der Waals surface area contributed by atoms with Crippen LogP contribution in [0.2, 0.25) is 0 Å². The average Bonchev–Trinajstić information content (AvgIpc) is 3.03. The van der Waals surface area contributed by atoms with Gasteiger partial charge in [0.1, 0.15) is 5.82 Å². The minimum atomic E-state index is -4.79. The molecule has 0 unspecified atom stereocenters. The zero-order valence-electron chi connectivity index (χ0n) is 13.2. The maximum atomic E-state index is 13.5. The van der Waals surface area contributed by atoms with Crippen molar-refractivity contribution in [3.8, 4) is 0 Å². The Morgan fingerprint density at radius 2 is 1.42 bits per heavy atom. The Hall–Kier alpha value is -2.45. The molecule has 2 aromatic rings. The second-order valence-corrected chi connectivity index (χ2v) is 7.29. The quantitative estimate of drug-likeness (QED) is 0.801. The molecule has 1 aliphatic carbocycles. The van der Waals surface area contributed by atoms with Crippen LogP contribution in [0.4, 0.5) is 17.6 Å². The van der Waals surface area contributed by atoms with Crippen LogP contribution < -0.4 is 5.14 Å². The highest BCUT2D eigenvalue weighted by Gasteiger charge is 2.34. The van der Waals surface area contributed by atoms with E-state index in [0.717, 1.165) is 12.1 Å². The fourth-order valence-corrected chi connectivity index (χ4v) is 3.31. The summed E-state index contributed by atoms with van der Waals surface area (Å²) in [6.45, 7) is 0. The Labute approximate surface area is 147 Å². The Morgan fingerprint density at radius 3 is 1.96 bits per heavy atom. The summed E-state index contributed by atoms with van der Waals surface area (Å²) < 4.78 is 75.0. The predicted molar refractivity (Wildman–Crippen MR) is 89.8 cm³/mol. The Balaban J connectivity index is 1.99. The summed E-state index contributed by atoms with van der Waals surface area (Å²) in [4.78, 5) is -0.0634. The molecule has 0 saturated heterocycles. The van der Waals surface area contributed by atoms with E-state index in [-0.39, 0.29) is 10.5 Å². The molecule has 26 heavy (non-hydrogen) atoms. The Kier molecular flexibility index (Phi) is 4.49. The molecule has 0 atom stereocenters. The molecular weight excluding hydrogens is 370 g/mol. The van der Waals surface area contributed by atoms with E-state index in [9.17, 15) is 26.0 Å². The van der Waals surface area contributed by atoms with E-state index in [1.807, 2.05) is 0 Å². The maximum Gasteiger partial charge on any atom is 0.419 e. The van der Waals surface area contributed by atoms with Crippen LogP contribution >= 0.6 is 0 Å². The van der Waals surface area contributed by atoms with Crippen molar-refractivity contribution < 1.29 is 26.0 Å². The molecule has 0 saturated carbocycles. The van der Waals surface area contributed by atoms with Gasteiger partial charge in [0.25, 0.3) is 0 Å².